The Labute approximate surface area is 244 Å². The Bertz CT molecular complexity index is 1470. The van der Waals surface area contributed by atoms with Gasteiger partial charge in [-0.1, -0.05) is 36.4 Å². The van der Waals surface area contributed by atoms with Crippen LogP contribution in [0, 0.1) is 11.6 Å². The molecule has 1 aliphatic rings. The van der Waals surface area contributed by atoms with Gasteiger partial charge >= 0.3 is 0 Å². The van der Waals surface area contributed by atoms with Gasteiger partial charge < -0.3 is 25.2 Å². The number of hydrogen-bond donors (Lipinski definition) is 3. The van der Waals surface area contributed by atoms with E-state index in [1.54, 1.807) is 12.1 Å². The summed E-state index contributed by atoms with van der Waals surface area (Å²) in [7, 11) is 2.63. The molecule has 0 spiro atoms. The largest absolute Gasteiger partial charge is 0.493 e. The maximum Gasteiger partial charge on any atom is 0.191 e. The SMILES string of the molecule is COc1cc(OC)c(F)c(Nc2ccccc2-c2cccc(Nc3ccc(CN4CCN(CCO)CC4)cn3)c2)c1F. The highest BCUT2D eigenvalue weighted by Crippen LogP contribution is 2.39. The van der Waals surface area contributed by atoms with Crippen LogP contribution in [0.3, 0.4) is 0 Å². The van der Waals surface area contributed by atoms with Crippen LogP contribution in [0.1, 0.15) is 5.56 Å². The number of ether oxygens (including phenoxy) is 2. The van der Waals surface area contributed by atoms with Crippen LogP contribution in [0.5, 0.6) is 11.5 Å². The second kappa shape index (κ2) is 13.6. The average molecular weight is 576 g/mol. The molecule has 4 aromatic rings. The number of piperazine rings is 1. The van der Waals surface area contributed by atoms with Gasteiger partial charge in [-0.3, -0.25) is 9.80 Å². The van der Waals surface area contributed by atoms with E-state index in [1.165, 1.54) is 20.3 Å². The second-order valence-corrected chi connectivity index (χ2v) is 10.1. The van der Waals surface area contributed by atoms with Gasteiger partial charge in [0, 0.05) is 68.5 Å². The first-order valence-corrected chi connectivity index (χ1v) is 13.8. The van der Waals surface area contributed by atoms with Crippen molar-refractivity contribution in [3.8, 4) is 22.6 Å². The van der Waals surface area contributed by atoms with E-state index in [2.05, 4.69) is 31.5 Å². The van der Waals surface area contributed by atoms with Crippen LogP contribution < -0.4 is 20.1 Å². The molecule has 1 aliphatic heterocycles. The van der Waals surface area contributed by atoms with Crippen LogP contribution in [0.4, 0.5) is 31.7 Å². The third-order valence-corrected chi connectivity index (χ3v) is 7.32. The topological polar surface area (TPSA) is 82.1 Å². The minimum atomic E-state index is -0.848. The van der Waals surface area contributed by atoms with Crippen molar-refractivity contribution in [2.75, 3.05) is 64.2 Å². The molecule has 0 unspecified atom stereocenters. The lowest BCUT2D eigenvalue weighted by atomic mass is 10.0. The summed E-state index contributed by atoms with van der Waals surface area (Å²) in [5.74, 6) is -1.24. The Hall–Kier alpha value is -4.25. The molecule has 220 valence electrons. The standard InChI is InChI=1S/C32H35F2N5O3/c1-41-27-19-28(42-2)31(34)32(30(27)33)37-26-9-4-3-8-25(26)23-6-5-7-24(18-23)36-29-11-10-22(20-35-29)21-39-14-12-38(13-15-39)16-17-40/h3-11,18-20,37,40H,12-17,21H2,1-2H3,(H,35,36). The molecule has 0 aliphatic carbocycles. The molecule has 0 amide bonds. The maximum absolute atomic E-state index is 15.1. The fourth-order valence-corrected chi connectivity index (χ4v) is 5.05. The lowest BCUT2D eigenvalue weighted by molar-refractivity contribution is 0.108. The van der Waals surface area contributed by atoms with Crippen LogP contribution >= 0.6 is 0 Å². The first-order chi connectivity index (χ1) is 20.5. The number of nitrogens with zero attached hydrogens (tertiary/aromatic N) is 3. The molecule has 0 radical (unpaired) electrons. The number of aromatic nitrogens is 1. The zero-order valence-corrected chi connectivity index (χ0v) is 23.7. The summed E-state index contributed by atoms with van der Waals surface area (Å²) in [4.78, 5) is 9.28. The van der Waals surface area contributed by atoms with Gasteiger partial charge in [0.25, 0.3) is 0 Å². The van der Waals surface area contributed by atoms with Gasteiger partial charge in [-0.25, -0.2) is 13.8 Å². The summed E-state index contributed by atoms with van der Waals surface area (Å²) in [5.41, 5.74) is 3.72. The van der Waals surface area contributed by atoms with Gasteiger partial charge in [-0.15, -0.1) is 0 Å². The molecule has 0 bridgehead atoms. The van der Waals surface area contributed by atoms with E-state index in [1.807, 2.05) is 48.7 Å². The fraction of sp³-hybridized carbons (Fsp3) is 0.281. The fourth-order valence-electron chi connectivity index (χ4n) is 5.05. The number of para-hydroxylation sites is 1. The molecular weight excluding hydrogens is 540 g/mol. The summed E-state index contributed by atoms with van der Waals surface area (Å²) in [6.07, 6.45) is 1.89. The van der Waals surface area contributed by atoms with Gasteiger partial charge in [0.15, 0.2) is 23.1 Å². The smallest absolute Gasteiger partial charge is 0.191 e. The van der Waals surface area contributed by atoms with E-state index in [0.717, 1.165) is 61.6 Å². The molecule has 1 aromatic heterocycles. The number of hydrogen-bond acceptors (Lipinski definition) is 8. The number of anilines is 4. The quantitative estimate of drug-likeness (QED) is 0.212. The van der Waals surface area contributed by atoms with Crippen molar-refractivity contribution >= 4 is 22.9 Å². The predicted octanol–water partition coefficient (Wildman–Crippen LogP) is 5.64. The highest BCUT2D eigenvalue weighted by atomic mass is 19.1. The molecule has 5 rings (SSSR count). The average Bonchev–Trinajstić information content (AvgIpc) is 3.02. The first-order valence-electron chi connectivity index (χ1n) is 13.8. The molecule has 0 atom stereocenters. The molecule has 0 saturated carbocycles. The van der Waals surface area contributed by atoms with Crippen molar-refractivity contribution in [2.24, 2.45) is 0 Å². The summed E-state index contributed by atoms with van der Waals surface area (Å²) in [5, 5.41) is 15.4. The van der Waals surface area contributed by atoms with Crippen molar-refractivity contribution in [3.63, 3.8) is 0 Å². The first kappa shape index (κ1) is 29.2. The normalized spacial score (nSPS) is 14.0. The number of rotatable bonds is 11. The number of halogens is 2. The molecule has 2 heterocycles. The van der Waals surface area contributed by atoms with Crippen LogP contribution in [0.15, 0.2) is 72.9 Å². The molecule has 1 saturated heterocycles. The van der Waals surface area contributed by atoms with Crippen molar-refractivity contribution in [3.05, 3.63) is 90.1 Å². The van der Waals surface area contributed by atoms with Gasteiger partial charge in [0.1, 0.15) is 11.5 Å². The number of benzene rings is 3. The Morgan fingerprint density at radius 3 is 2.21 bits per heavy atom. The lowest BCUT2D eigenvalue weighted by Gasteiger charge is -2.34. The van der Waals surface area contributed by atoms with Crippen LogP contribution in [0.25, 0.3) is 11.1 Å². The van der Waals surface area contributed by atoms with E-state index < -0.39 is 11.6 Å². The maximum atomic E-state index is 15.1. The molecule has 42 heavy (non-hydrogen) atoms. The van der Waals surface area contributed by atoms with Crippen molar-refractivity contribution in [1.29, 1.82) is 0 Å². The highest BCUT2D eigenvalue weighted by Gasteiger charge is 2.21. The molecule has 3 aromatic carbocycles. The predicted molar refractivity (Wildman–Crippen MR) is 161 cm³/mol. The summed E-state index contributed by atoms with van der Waals surface area (Å²) < 4.78 is 40.3. The van der Waals surface area contributed by atoms with Crippen LogP contribution in [0.2, 0.25) is 0 Å². The minimum absolute atomic E-state index is 0.126. The van der Waals surface area contributed by atoms with Gasteiger partial charge in [0.2, 0.25) is 0 Å². The zero-order chi connectivity index (χ0) is 29.5. The van der Waals surface area contributed by atoms with Crippen LogP contribution in [-0.2, 0) is 6.54 Å². The number of methoxy groups -OCH3 is 2. The molecular formula is C32H35F2N5O3. The van der Waals surface area contributed by atoms with E-state index >= 15 is 8.78 Å². The molecule has 8 nitrogen and oxygen atoms in total. The van der Waals surface area contributed by atoms with Gasteiger partial charge in [0.05, 0.1) is 20.8 Å². The number of β-amino-alcohol motifs (C(OH)–C–C–N with tert-alkyl or cyclic N) is 1. The van der Waals surface area contributed by atoms with Crippen LogP contribution in [-0.4, -0.2) is 73.4 Å². The van der Waals surface area contributed by atoms with E-state index in [4.69, 9.17) is 14.6 Å². The number of aliphatic hydroxyl groups excluding tert-OH is 1. The number of aliphatic hydroxyl groups is 1. The van der Waals surface area contributed by atoms with Gasteiger partial charge in [-0.2, -0.15) is 0 Å². The summed E-state index contributed by atoms with van der Waals surface area (Å²) in [6.45, 7) is 5.61. The summed E-state index contributed by atoms with van der Waals surface area (Å²) in [6, 6.07) is 20.3. The molecule has 1 fully saturated rings. The third kappa shape index (κ3) is 6.79. The van der Waals surface area contributed by atoms with E-state index in [9.17, 15) is 0 Å². The Morgan fingerprint density at radius 2 is 1.55 bits per heavy atom. The van der Waals surface area contributed by atoms with E-state index in [0.29, 0.717) is 11.5 Å². The van der Waals surface area contributed by atoms with Crippen molar-refractivity contribution < 1.29 is 23.4 Å². The minimum Gasteiger partial charge on any atom is -0.493 e. The van der Waals surface area contributed by atoms with Crippen molar-refractivity contribution in [1.82, 2.24) is 14.8 Å². The monoisotopic (exact) mass is 575 g/mol. The third-order valence-electron chi connectivity index (χ3n) is 7.32. The van der Waals surface area contributed by atoms with E-state index in [-0.39, 0.29) is 23.8 Å². The Morgan fingerprint density at radius 1 is 0.833 bits per heavy atom. The number of pyridine rings is 1. The number of nitrogens with one attached hydrogen (secondary N) is 2. The van der Waals surface area contributed by atoms with Crippen molar-refractivity contribution in [2.45, 2.75) is 6.54 Å². The Balaban J connectivity index is 1.30. The molecule has 3 N–H and O–H groups in total. The van der Waals surface area contributed by atoms with Gasteiger partial charge in [-0.05, 0) is 35.4 Å². The summed E-state index contributed by atoms with van der Waals surface area (Å²) >= 11 is 0. The molecule has 10 heteroatoms. The highest BCUT2D eigenvalue weighted by molar-refractivity contribution is 5.83. The Kier molecular flexibility index (Phi) is 9.48. The lowest BCUT2D eigenvalue weighted by Crippen LogP contribution is -2.46. The zero-order valence-electron chi connectivity index (χ0n) is 23.7. The second-order valence-electron chi connectivity index (χ2n) is 10.1.